The van der Waals surface area contributed by atoms with Crippen molar-refractivity contribution >= 4 is 19.6 Å². The van der Waals surface area contributed by atoms with Gasteiger partial charge >= 0.3 is 7.82 Å². The van der Waals surface area contributed by atoms with Crippen molar-refractivity contribution in [2.75, 3.05) is 52.7 Å². The number of carbonyl (C=O) groups is 2. The number of ether oxygens (including phenoxy) is 4. The number of nitrogens with one attached hydrogen (secondary N) is 3. The summed E-state index contributed by atoms with van der Waals surface area (Å²) in [5.41, 5.74) is 0. The second-order valence-corrected chi connectivity index (χ2v) is 13.5. The van der Waals surface area contributed by atoms with Crippen molar-refractivity contribution in [2.45, 2.75) is 106 Å². The Hall–Kier alpha value is -1.59. The molecule has 0 aromatic heterocycles. The number of amides is 2. The summed E-state index contributed by atoms with van der Waals surface area (Å²) in [6.07, 6.45) is -22.4. The maximum absolute atomic E-state index is 11.9. The summed E-state index contributed by atoms with van der Waals surface area (Å²) in [5.74, 6) is -1.40. The Bertz CT molecular complexity index is 1130. The molecule has 16 atom stereocenters. The fourth-order valence-electron chi connectivity index (χ4n) is 5.13. The zero-order valence-electron chi connectivity index (χ0n) is 28.3. The molecule has 2 aliphatic rings. The van der Waals surface area contributed by atoms with Gasteiger partial charge in [-0.1, -0.05) is 0 Å². The summed E-state index contributed by atoms with van der Waals surface area (Å²) in [6.45, 7) is -3.06. The van der Waals surface area contributed by atoms with Gasteiger partial charge in [0.05, 0.1) is 45.7 Å². The number of aliphatic hydroxyl groups excluding tert-OH is 11. The molecule has 0 saturated carbocycles. The van der Waals surface area contributed by atoms with Crippen LogP contribution >= 0.6 is 7.82 Å². The Balaban J connectivity index is 2.23. The first kappa shape index (κ1) is 46.6. The molecule has 0 spiro atoms. The van der Waals surface area contributed by atoms with Gasteiger partial charge in [0.2, 0.25) is 11.8 Å². The quantitative estimate of drug-likeness (QED) is 0.0358. The van der Waals surface area contributed by atoms with Crippen molar-refractivity contribution in [1.82, 2.24) is 16.0 Å². The van der Waals surface area contributed by atoms with Crippen LogP contribution in [0.5, 0.6) is 0 Å². The normalized spacial score (nSPS) is 33.7. The van der Waals surface area contributed by atoms with Crippen LogP contribution in [0.3, 0.4) is 0 Å². The molecule has 0 radical (unpaired) electrons. The van der Waals surface area contributed by atoms with E-state index in [0.717, 1.165) is 13.8 Å². The Morgan fingerprint density at radius 2 is 1.29 bits per heavy atom. The molecule has 52 heavy (non-hydrogen) atoms. The topological polar surface area (TPSA) is 385 Å². The monoisotopic (exact) mass is 785 g/mol. The van der Waals surface area contributed by atoms with Crippen molar-refractivity contribution in [3.63, 3.8) is 0 Å². The van der Waals surface area contributed by atoms with Crippen LogP contribution in [-0.2, 0) is 42.1 Å². The van der Waals surface area contributed by atoms with Gasteiger partial charge in [-0.05, 0) is 0 Å². The molecule has 0 bridgehead atoms. The Kier molecular flexibility index (Phi) is 19.8. The molecule has 2 aliphatic heterocycles. The molecule has 2 heterocycles. The smallest absolute Gasteiger partial charge is 0.394 e. The first-order valence-electron chi connectivity index (χ1n) is 16.1. The molecular weight excluding hydrogens is 733 g/mol. The molecule has 15 N–H and O–H groups in total. The van der Waals surface area contributed by atoms with Gasteiger partial charge in [0, 0.05) is 26.9 Å². The highest BCUT2D eigenvalue weighted by Gasteiger charge is 2.49. The lowest BCUT2D eigenvalue weighted by molar-refractivity contribution is -0.304. The lowest BCUT2D eigenvalue weighted by Gasteiger charge is -2.44. The van der Waals surface area contributed by atoms with E-state index in [9.17, 15) is 70.1 Å². The van der Waals surface area contributed by atoms with Gasteiger partial charge in [0.15, 0.2) is 12.6 Å². The molecule has 25 heteroatoms. The molecule has 306 valence electrons. The Morgan fingerprint density at radius 3 is 1.79 bits per heavy atom. The van der Waals surface area contributed by atoms with E-state index in [4.69, 9.17) is 28.6 Å². The molecule has 0 aromatic carbocycles. The zero-order chi connectivity index (χ0) is 39.3. The predicted molar refractivity (Wildman–Crippen MR) is 167 cm³/mol. The number of carbonyl (C=O) groups excluding carboxylic acids is 2. The summed E-state index contributed by atoms with van der Waals surface area (Å²) in [7, 11) is -4.66. The van der Waals surface area contributed by atoms with Gasteiger partial charge in [-0.25, -0.2) is 4.57 Å². The van der Waals surface area contributed by atoms with Crippen molar-refractivity contribution in [2.24, 2.45) is 0 Å². The van der Waals surface area contributed by atoms with E-state index in [1.807, 2.05) is 0 Å². The molecule has 2 unspecified atom stereocenters. The van der Waals surface area contributed by atoms with Gasteiger partial charge < -0.3 is 96.0 Å². The summed E-state index contributed by atoms with van der Waals surface area (Å²) in [5, 5.41) is 120. The van der Waals surface area contributed by atoms with Crippen molar-refractivity contribution in [3.05, 3.63) is 0 Å². The number of rotatable bonds is 22. The summed E-state index contributed by atoms with van der Waals surface area (Å²) < 4.78 is 43.3. The lowest BCUT2D eigenvalue weighted by Crippen LogP contribution is -2.66. The third-order valence-corrected chi connectivity index (χ3v) is 8.85. The van der Waals surface area contributed by atoms with E-state index in [0.29, 0.717) is 0 Å². The SMILES string of the molecule is CC(=O)N[C@H]1[C@H](OC[C@@H](O)[C@H](O)[C@H](O[C@@H]2O[C@H](CO)[C@@H](O)[C@H](O)[C@H]2NC(C)=O)[C@@H](O)CNCCOP(=O)(O)OCC(O)CO)O[C@H](CO)[C@@H](O)[C@@H]1O. The van der Waals surface area contributed by atoms with Crippen LogP contribution in [-0.4, -0.2) is 217 Å². The Morgan fingerprint density at radius 1 is 0.769 bits per heavy atom. The predicted octanol–water partition coefficient (Wildman–Crippen LogP) is -8.57. The van der Waals surface area contributed by atoms with E-state index < -0.39 is 158 Å². The fourth-order valence-corrected chi connectivity index (χ4v) is 5.89. The van der Waals surface area contributed by atoms with Crippen LogP contribution in [0.15, 0.2) is 0 Å². The number of phosphoric ester groups is 1. The third kappa shape index (κ3) is 13.9. The van der Waals surface area contributed by atoms with Crippen LogP contribution in [0.2, 0.25) is 0 Å². The molecule has 2 saturated heterocycles. The molecular formula is C27H52N3O21P. The first-order valence-corrected chi connectivity index (χ1v) is 17.6. The number of aliphatic hydroxyl groups is 11. The van der Waals surface area contributed by atoms with Crippen molar-refractivity contribution < 1.29 is 103 Å². The van der Waals surface area contributed by atoms with Gasteiger partial charge in [-0.3, -0.25) is 18.6 Å². The zero-order valence-corrected chi connectivity index (χ0v) is 29.2. The average molecular weight is 786 g/mol. The van der Waals surface area contributed by atoms with E-state index in [1.54, 1.807) is 0 Å². The standard InChI is InChI=1S/C27H52N3O21P/c1-11(34)29-18-23(42)21(40)16(7-32)49-26(18)46-10-15(38)20(39)25(14(37)5-28-3-4-47-52(44,45)48-9-13(36)6-31)51-27-19(30-12(2)35)24(43)22(41)17(8-33)50-27/h13-28,31-33,36-43H,3-10H2,1-2H3,(H,29,34)(H,30,35)(H,44,45)/t13?,14-,15+,16+,17+,18+,19+,20-,21+,22+,23+,24+,25+,26+,27-/m0/s1. The minimum absolute atomic E-state index is 0.252. The lowest BCUT2D eigenvalue weighted by atomic mass is 9.96. The maximum atomic E-state index is 11.9. The highest BCUT2D eigenvalue weighted by atomic mass is 31.2. The van der Waals surface area contributed by atoms with E-state index in [1.165, 1.54) is 0 Å². The average Bonchev–Trinajstić information content (AvgIpc) is 3.09. The van der Waals surface area contributed by atoms with Gasteiger partial charge in [0.1, 0.15) is 73.1 Å². The molecule has 0 aromatic rings. The van der Waals surface area contributed by atoms with Gasteiger partial charge in [-0.15, -0.1) is 0 Å². The molecule has 2 fully saturated rings. The minimum atomic E-state index is -4.66. The summed E-state index contributed by atoms with van der Waals surface area (Å²) >= 11 is 0. The highest BCUT2D eigenvalue weighted by Crippen LogP contribution is 2.42. The van der Waals surface area contributed by atoms with Crippen LogP contribution in [0.25, 0.3) is 0 Å². The maximum Gasteiger partial charge on any atom is 0.472 e. The minimum Gasteiger partial charge on any atom is -0.394 e. The van der Waals surface area contributed by atoms with Gasteiger partial charge in [0.25, 0.3) is 0 Å². The summed E-state index contributed by atoms with van der Waals surface area (Å²) in [6, 6.07) is -2.96. The van der Waals surface area contributed by atoms with E-state index >= 15 is 0 Å². The second kappa shape index (κ2) is 22.1. The summed E-state index contributed by atoms with van der Waals surface area (Å²) in [4.78, 5) is 33.3. The van der Waals surface area contributed by atoms with Crippen molar-refractivity contribution in [1.29, 1.82) is 0 Å². The van der Waals surface area contributed by atoms with Crippen LogP contribution in [0.4, 0.5) is 0 Å². The molecule has 2 rings (SSSR count). The fraction of sp³-hybridized carbons (Fsp3) is 0.926. The van der Waals surface area contributed by atoms with E-state index in [2.05, 4.69) is 20.5 Å². The van der Waals surface area contributed by atoms with Crippen molar-refractivity contribution in [3.8, 4) is 0 Å². The van der Waals surface area contributed by atoms with Crippen LogP contribution < -0.4 is 16.0 Å². The molecule has 24 nitrogen and oxygen atoms in total. The largest absolute Gasteiger partial charge is 0.472 e. The van der Waals surface area contributed by atoms with Gasteiger partial charge in [-0.2, -0.15) is 0 Å². The third-order valence-electron chi connectivity index (χ3n) is 7.86. The highest BCUT2D eigenvalue weighted by molar-refractivity contribution is 7.47. The molecule has 0 aliphatic carbocycles. The van der Waals surface area contributed by atoms with E-state index in [-0.39, 0.29) is 6.54 Å². The number of phosphoric acid groups is 1. The Labute approximate surface area is 297 Å². The van der Waals surface area contributed by atoms with Crippen LogP contribution in [0.1, 0.15) is 13.8 Å². The number of hydrogen-bond donors (Lipinski definition) is 15. The second-order valence-electron chi connectivity index (χ2n) is 12.1. The first-order chi connectivity index (χ1) is 24.4. The number of hydrogen-bond acceptors (Lipinski definition) is 21. The molecule has 2 amide bonds. The van der Waals surface area contributed by atoms with Crippen LogP contribution in [0, 0.1) is 0 Å².